The van der Waals surface area contributed by atoms with Crippen LogP contribution in [0.1, 0.15) is 90.0 Å². The Hall–Kier alpha value is -2.68. The molecule has 0 saturated heterocycles. The molecule has 35 heavy (non-hydrogen) atoms. The number of hydrogen-bond acceptors (Lipinski definition) is 3. The van der Waals surface area contributed by atoms with E-state index in [1.807, 2.05) is 38.1 Å². The summed E-state index contributed by atoms with van der Waals surface area (Å²) < 4.78 is 5.95. The predicted molar refractivity (Wildman–Crippen MR) is 142 cm³/mol. The Balaban J connectivity index is 1.30. The van der Waals surface area contributed by atoms with Gasteiger partial charge in [-0.1, -0.05) is 35.9 Å². The van der Waals surface area contributed by atoms with Crippen LogP contribution in [0.3, 0.4) is 0 Å². The summed E-state index contributed by atoms with van der Waals surface area (Å²) in [5.74, 6) is 3.60. The third kappa shape index (κ3) is 6.31. The summed E-state index contributed by atoms with van der Waals surface area (Å²) in [5.41, 5.74) is 3.24. The molecule has 2 saturated carbocycles. The second kappa shape index (κ2) is 11.8. The van der Waals surface area contributed by atoms with Gasteiger partial charge in [-0.25, -0.2) is 0 Å². The molecule has 3 aliphatic carbocycles. The molecule has 0 radical (unpaired) electrons. The van der Waals surface area contributed by atoms with Gasteiger partial charge in [0.2, 0.25) is 0 Å². The number of carbonyl (C=O) groups is 2. The molecule has 2 fully saturated rings. The lowest BCUT2D eigenvalue weighted by molar-refractivity contribution is -0.121. The van der Waals surface area contributed by atoms with Crippen molar-refractivity contribution in [3.63, 3.8) is 0 Å². The zero-order valence-corrected chi connectivity index (χ0v) is 21.6. The Morgan fingerprint density at radius 1 is 1.03 bits per heavy atom. The second-order valence-electron chi connectivity index (χ2n) is 10.6. The third-order valence-electron chi connectivity index (χ3n) is 8.35. The first-order chi connectivity index (χ1) is 17.0. The van der Waals surface area contributed by atoms with Gasteiger partial charge in [-0.05, 0) is 119 Å². The topological polar surface area (TPSA) is 43.4 Å². The highest BCUT2D eigenvalue weighted by Gasteiger charge is 2.39. The Morgan fingerprint density at radius 2 is 1.77 bits per heavy atom. The minimum atomic E-state index is 0.00152. The van der Waals surface area contributed by atoms with Crippen molar-refractivity contribution in [2.75, 3.05) is 0 Å². The van der Waals surface area contributed by atoms with E-state index in [-0.39, 0.29) is 11.8 Å². The number of ether oxygens (including phenoxy) is 1. The van der Waals surface area contributed by atoms with Gasteiger partial charge in [0.1, 0.15) is 17.3 Å². The van der Waals surface area contributed by atoms with E-state index in [1.165, 1.54) is 5.57 Å². The highest BCUT2D eigenvalue weighted by atomic mass is 16.5. The van der Waals surface area contributed by atoms with Crippen LogP contribution in [0.15, 0.2) is 71.6 Å². The quantitative estimate of drug-likeness (QED) is 0.284. The van der Waals surface area contributed by atoms with Crippen LogP contribution in [0.2, 0.25) is 0 Å². The molecule has 0 aliphatic heterocycles. The molecule has 2 atom stereocenters. The van der Waals surface area contributed by atoms with Crippen molar-refractivity contribution in [3.8, 4) is 5.75 Å². The summed E-state index contributed by atoms with van der Waals surface area (Å²) in [6.07, 6.45) is 19.1. The molecule has 3 nitrogen and oxygen atoms in total. The van der Waals surface area contributed by atoms with Crippen LogP contribution in [0, 0.1) is 17.8 Å². The van der Waals surface area contributed by atoms with E-state index < -0.39 is 0 Å². The number of benzene rings is 1. The predicted octanol–water partition coefficient (Wildman–Crippen LogP) is 8.04. The van der Waals surface area contributed by atoms with Gasteiger partial charge in [0.15, 0.2) is 5.78 Å². The summed E-state index contributed by atoms with van der Waals surface area (Å²) in [4.78, 5) is 26.0. The second-order valence-corrected chi connectivity index (χ2v) is 10.6. The van der Waals surface area contributed by atoms with Crippen molar-refractivity contribution in [2.24, 2.45) is 17.8 Å². The lowest BCUT2D eigenvalue weighted by atomic mass is 9.72. The lowest BCUT2D eigenvalue weighted by Gasteiger charge is -2.31. The van der Waals surface area contributed by atoms with Gasteiger partial charge < -0.3 is 4.74 Å². The molecule has 4 rings (SSSR count). The zero-order chi connectivity index (χ0) is 24.8. The van der Waals surface area contributed by atoms with Crippen molar-refractivity contribution in [1.29, 1.82) is 0 Å². The van der Waals surface area contributed by atoms with Gasteiger partial charge in [-0.15, -0.1) is 0 Å². The minimum absolute atomic E-state index is 0.00152. The number of hydrogen-bond donors (Lipinski definition) is 0. The van der Waals surface area contributed by atoms with Crippen molar-refractivity contribution in [3.05, 3.63) is 77.1 Å². The van der Waals surface area contributed by atoms with Gasteiger partial charge in [0.25, 0.3) is 0 Å². The maximum Gasteiger partial charge on any atom is 0.161 e. The van der Waals surface area contributed by atoms with Crippen LogP contribution >= 0.6 is 0 Å². The Bertz CT molecular complexity index is 1030. The molecule has 186 valence electrons. The molecule has 0 N–H and O–H groups in total. The maximum atomic E-state index is 13.0. The van der Waals surface area contributed by atoms with Crippen LogP contribution in [-0.4, -0.2) is 11.6 Å². The van der Waals surface area contributed by atoms with Gasteiger partial charge in [0.05, 0.1) is 0 Å². The molecule has 0 spiro atoms. The molecule has 3 aliphatic rings. The highest BCUT2D eigenvalue weighted by Crippen LogP contribution is 2.45. The van der Waals surface area contributed by atoms with E-state index in [1.54, 1.807) is 0 Å². The molecular weight excluding hydrogens is 432 g/mol. The Kier molecular flexibility index (Phi) is 8.59. The first-order valence-electron chi connectivity index (χ1n) is 13.4. The van der Waals surface area contributed by atoms with E-state index in [4.69, 9.17) is 4.74 Å². The van der Waals surface area contributed by atoms with Gasteiger partial charge in [-0.2, -0.15) is 0 Å². The van der Waals surface area contributed by atoms with E-state index >= 15 is 0 Å². The molecule has 2 unspecified atom stereocenters. The number of allylic oxidation sites excluding steroid dienone is 7. The van der Waals surface area contributed by atoms with Crippen molar-refractivity contribution < 1.29 is 14.3 Å². The fourth-order valence-electron chi connectivity index (χ4n) is 5.99. The first kappa shape index (κ1) is 25.4. The summed E-state index contributed by atoms with van der Waals surface area (Å²) >= 11 is 0. The van der Waals surface area contributed by atoms with Crippen LogP contribution in [-0.2, 0) is 9.59 Å². The van der Waals surface area contributed by atoms with Gasteiger partial charge in [-0.3, -0.25) is 9.59 Å². The summed E-state index contributed by atoms with van der Waals surface area (Å²) in [5, 5.41) is 0. The standard InChI is InChI=1S/C32H40O3/c1-4-5-9-22(2)23(3)32(34)26-14-12-24(13-15-26)27-20-30(31(33)21-27)25-16-18-29(19-17-25)35-28-10-7-6-8-11-28/h4-5,7,10-11,16-19,24,26-27,30H,6,8-9,12-15,20-21H2,1-3H3. The van der Waals surface area contributed by atoms with Crippen LogP contribution in [0.4, 0.5) is 0 Å². The van der Waals surface area contributed by atoms with E-state index in [0.29, 0.717) is 29.8 Å². The Morgan fingerprint density at radius 3 is 2.43 bits per heavy atom. The number of ketones is 2. The molecular formula is C32H40O3. The van der Waals surface area contributed by atoms with Gasteiger partial charge >= 0.3 is 0 Å². The lowest BCUT2D eigenvalue weighted by Crippen LogP contribution is -2.26. The van der Waals surface area contributed by atoms with Crippen LogP contribution in [0.5, 0.6) is 5.75 Å². The fourth-order valence-corrected chi connectivity index (χ4v) is 5.99. The van der Waals surface area contributed by atoms with Crippen molar-refractivity contribution in [2.45, 2.75) is 84.5 Å². The van der Waals surface area contributed by atoms with Crippen molar-refractivity contribution in [1.82, 2.24) is 0 Å². The molecule has 0 amide bonds. The number of Topliss-reactive ketones (excluding diaryl/α,β-unsaturated/α-hetero) is 2. The normalized spacial score (nSPS) is 27.6. The third-order valence-corrected chi connectivity index (χ3v) is 8.35. The average molecular weight is 473 g/mol. The SMILES string of the molecule is CC=CCC(C)=C(C)C(=O)C1CCC(C2CC(=O)C(c3ccc(OC4=CCCC=C4)cc3)C2)CC1. The Labute approximate surface area is 211 Å². The number of rotatable bonds is 8. The first-order valence-corrected chi connectivity index (χ1v) is 13.4. The zero-order valence-electron chi connectivity index (χ0n) is 21.6. The minimum Gasteiger partial charge on any atom is -0.458 e. The van der Waals surface area contributed by atoms with E-state index in [2.05, 4.69) is 37.3 Å². The monoisotopic (exact) mass is 472 g/mol. The maximum absolute atomic E-state index is 13.0. The number of carbonyl (C=O) groups excluding carboxylic acids is 2. The van der Waals surface area contributed by atoms with E-state index in [0.717, 1.165) is 74.0 Å². The summed E-state index contributed by atoms with van der Waals surface area (Å²) in [6.45, 7) is 6.08. The molecule has 1 aromatic carbocycles. The fraction of sp³-hybridized carbons (Fsp3) is 0.500. The molecule has 0 bridgehead atoms. The largest absolute Gasteiger partial charge is 0.458 e. The molecule has 3 heteroatoms. The average Bonchev–Trinajstić information content (AvgIpc) is 3.29. The highest BCUT2D eigenvalue weighted by molar-refractivity contribution is 5.97. The van der Waals surface area contributed by atoms with Gasteiger partial charge in [0, 0.05) is 18.3 Å². The molecule has 0 heterocycles. The molecule has 1 aromatic rings. The smallest absolute Gasteiger partial charge is 0.161 e. The van der Waals surface area contributed by atoms with Crippen LogP contribution in [0.25, 0.3) is 0 Å². The summed E-state index contributed by atoms with van der Waals surface area (Å²) in [6, 6.07) is 8.11. The van der Waals surface area contributed by atoms with E-state index in [9.17, 15) is 9.59 Å². The van der Waals surface area contributed by atoms with Crippen molar-refractivity contribution >= 4 is 11.6 Å². The molecule has 0 aromatic heterocycles. The summed E-state index contributed by atoms with van der Waals surface area (Å²) in [7, 11) is 0. The van der Waals surface area contributed by atoms with Crippen LogP contribution < -0.4 is 4.74 Å².